The van der Waals surface area contributed by atoms with Gasteiger partial charge in [0.1, 0.15) is 5.82 Å². The van der Waals surface area contributed by atoms with Crippen molar-refractivity contribution in [2.24, 2.45) is 5.92 Å². The van der Waals surface area contributed by atoms with Crippen LogP contribution in [0.1, 0.15) is 18.7 Å². The zero-order valence-electron chi connectivity index (χ0n) is 9.87. The standard InChI is InChI=1S/C13H18N4/c1-2-11(15-5-1)12-9-16-13(17-12)8-10-3-6-14-7-4-10/h1-2,5,9-10,14-15H,3-4,6-8H2,(H,16,17). The predicted octanol–water partition coefficient (Wildman–Crippen LogP) is 1.95. The maximum Gasteiger partial charge on any atom is 0.106 e. The highest BCUT2D eigenvalue weighted by Crippen LogP contribution is 2.19. The van der Waals surface area contributed by atoms with Crippen LogP contribution in [0.5, 0.6) is 0 Å². The molecule has 17 heavy (non-hydrogen) atoms. The fourth-order valence-corrected chi connectivity index (χ4v) is 2.46. The molecular formula is C13H18N4. The molecule has 0 unspecified atom stereocenters. The molecular weight excluding hydrogens is 212 g/mol. The summed E-state index contributed by atoms with van der Waals surface area (Å²) in [7, 11) is 0. The Morgan fingerprint density at radius 2 is 2.12 bits per heavy atom. The number of hydrogen-bond acceptors (Lipinski definition) is 2. The van der Waals surface area contributed by atoms with Gasteiger partial charge in [-0.2, -0.15) is 0 Å². The van der Waals surface area contributed by atoms with Crippen LogP contribution < -0.4 is 5.32 Å². The van der Waals surface area contributed by atoms with Crippen molar-refractivity contribution in [3.05, 3.63) is 30.4 Å². The normalized spacial score (nSPS) is 17.4. The van der Waals surface area contributed by atoms with Gasteiger partial charge in [-0.05, 0) is 44.0 Å². The number of hydrogen-bond donors (Lipinski definition) is 3. The summed E-state index contributed by atoms with van der Waals surface area (Å²) >= 11 is 0. The SMILES string of the molecule is c1c[nH]c(-c2cnc(CC3CCNCC3)[nH]2)c1. The van der Waals surface area contributed by atoms with Crippen molar-refractivity contribution in [3.63, 3.8) is 0 Å². The first kappa shape index (κ1) is 10.6. The van der Waals surface area contributed by atoms with Crippen molar-refractivity contribution in [1.29, 1.82) is 0 Å². The zero-order chi connectivity index (χ0) is 11.5. The first-order valence-corrected chi connectivity index (χ1v) is 6.30. The topological polar surface area (TPSA) is 56.5 Å². The predicted molar refractivity (Wildman–Crippen MR) is 67.7 cm³/mol. The molecule has 4 nitrogen and oxygen atoms in total. The number of imidazole rings is 1. The van der Waals surface area contributed by atoms with Crippen LogP contribution in [0.4, 0.5) is 0 Å². The van der Waals surface area contributed by atoms with Crippen molar-refractivity contribution >= 4 is 0 Å². The van der Waals surface area contributed by atoms with E-state index in [0.717, 1.165) is 42.6 Å². The molecule has 2 aromatic rings. The van der Waals surface area contributed by atoms with E-state index in [-0.39, 0.29) is 0 Å². The summed E-state index contributed by atoms with van der Waals surface area (Å²) < 4.78 is 0. The van der Waals surface area contributed by atoms with E-state index in [1.54, 1.807) is 0 Å². The third kappa shape index (κ3) is 2.42. The Labute approximate surface area is 101 Å². The highest BCUT2D eigenvalue weighted by atomic mass is 14.9. The van der Waals surface area contributed by atoms with Crippen LogP contribution >= 0.6 is 0 Å². The van der Waals surface area contributed by atoms with Gasteiger partial charge < -0.3 is 15.3 Å². The van der Waals surface area contributed by atoms with Crippen molar-refractivity contribution in [2.75, 3.05) is 13.1 Å². The monoisotopic (exact) mass is 230 g/mol. The van der Waals surface area contributed by atoms with Crippen LogP contribution in [0.25, 0.3) is 11.4 Å². The molecule has 0 spiro atoms. The molecule has 0 atom stereocenters. The summed E-state index contributed by atoms with van der Waals surface area (Å²) in [5.74, 6) is 1.89. The van der Waals surface area contributed by atoms with E-state index in [1.807, 2.05) is 18.5 Å². The van der Waals surface area contributed by atoms with Crippen LogP contribution in [0.2, 0.25) is 0 Å². The number of piperidine rings is 1. The zero-order valence-corrected chi connectivity index (χ0v) is 9.87. The molecule has 1 saturated heterocycles. The minimum Gasteiger partial charge on any atom is -0.360 e. The Hall–Kier alpha value is -1.55. The number of aromatic nitrogens is 3. The average molecular weight is 230 g/mol. The van der Waals surface area contributed by atoms with E-state index in [2.05, 4.69) is 26.3 Å². The molecule has 3 heterocycles. The first-order valence-electron chi connectivity index (χ1n) is 6.30. The molecule has 3 N–H and O–H groups in total. The lowest BCUT2D eigenvalue weighted by atomic mass is 9.94. The van der Waals surface area contributed by atoms with E-state index in [0.29, 0.717) is 0 Å². The van der Waals surface area contributed by atoms with E-state index >= 15 is 0 Å². The molecule has 0 radical (unpaired) electrons. The molecule has 0 saturated carbocycles. The molecule has 1 fully saturated rings. The van der Waals surface area contributed by atoms with Crippen molar-refractivity contribution < 1.29 is 0 Å². The molecule has 0 bridgehead atoms. The number of nitrogens with zero attached hydrogens (tertiary/aromatic N) is 1. The van der Waals surface area contributed by atoms with Gasteiger partial charge in [0.15, 0.2) is 0 Å². The van der Waals surface area contributed by atoms with Gasteiger partial charge in [0.25, 0.3) is 0 Å². The molecule has 90 valence electrons. The highest BCUT2D eigenvalue weighted by Gasteiger charge is 2.15. The fraction of sp³-hybridized carbons (Fsp3) is 0.462. The van der Waals surface area contributed by atoms with Gasteiger partial charge in [-0.1, -0.05) is 0 Å². The summed E-state index contributed by atoms with van der Waals surface area (Å²) in [5.41, 5.74) is 2.19. The summed E-state index contributed by atoms with van der Waals surface area (Å²) in [6.45, 7) is 2.30. The average Bonchev–Trinajstić information content (AvgIpc) is 3.00. The van der Waals surface area contributed by atoms with Gasteiger partial charge in [-0.25, -0.2) is 4.98 Å². The van der Waals surface area contributed by atoms with E-state index < -0.39 is 0 Å². The summed E-state index contributed by atoms with van der Waals surface area (Å²) in [6, 6.07) is 4.06. The van der Waals surface area contributed by atoms with Crippen LogP contribution in [0.15, 0.2) is 24.5 Å². The molecule has 0 aliphatic carbocycles. The van der Waals surface area contributed by atoms with Gasteiger partial charge in [-0.3, -0.25) is 0 Å². The maximum absolute atomic E-state index is 4.47. The van der Waals surface area contributed by atoms with Crippen LogP contribution in [0.3, 0.4) is 0 Å². The minimum absolute atomic E-state index is 0.777. The minimum atomic E-state index is 0.777. The van der Waals surface area contributed by atoms with E-state index in [9.17, 15) is 0 Å². The Balaban J connectivity index is 1.68. The Kier molecular flexibility index (Phi) is 2.96. The van der Waals surface area contributed by atoms with Gasteiger partial charge >= 0.3 is 0 Å². The lowest BCUT2D eigenvalue weighted by molar-refractivity contribution is 0.368. The summed E-state index contributed by atoms with van der Waals surface area (Å²) in [4.78, 5) is 11.1. The smallest absolute Gasteiger partial charge is 0.106 e. The molecule has 3 rings (SSSR count). The number of aromatic amines is 2. The molecule has 1 aliphatic heterocycles. The van der Waals surface area contributed by atoms with Gasteiger partial charge in [0, 0.05) is 12.6 Å². The van der Waals surface area contributed by atoms with E-state index in [1.165, 1.54) is 12.8 Å². The number of rotatable bonds is 3. The lowest BCUT2D eigenvalue weighted by Gasteiger charge is -2.21. The Morgan fingerprint density at radius 3 is 2.88 bits per heavy atom. The highest BCUT2D eigenvalue weighted by molar-refractivity contribution is 5.53. The van der Waals surface area contributed by atoms with Gasteiger partial charge in [0.2, 0.25) is 0 Å². The molecule has 2 aromatic heterocycles. The molecule has 0 amide bonds. The maximum atomic E-state index is 4.47. The van der Waals surface area contributed by atoms with Crippen LogP contribution in [-0.2, 0) is 6.42 Å². The van der Waals surface area contributed by atoms with Crippen molar-refractivity contribution in [1.82, 2.24) is 20.3 Å². The van der Waals surface area contributed by atoms with Crippen LogP contribution in [-0.4, -0.2) is 28.0 Å². The molecule has 4 heteroatoms. The van der Waals surface area contributed by atoms with E-state index in [4.69, 9.17) is 0 Å². The van der Waals surface area contributed by atoms with Gasteiger partial charge in [-0.15, -0.1) is 0 Å². The summed E-state index contributed by atoms with van der Waals surface area (Å²) in [5, 5.41) is 3.39. The second-order valence-corrected chi connectivity index (χ2v) is 4.72. The molecule has 0 aromatic carbocycles. The van der Waals surface area contributed by atoms with Crippen LogP contribution in [0, 0.1) is 5.92 Å². The molecule has 1 aliphatic rings. The lowest BCUT2D eigenvalue weighted by Crippen LogP contribution is -2.28. The Bertz CT molecular complexity index is 451. The largest absolute Gasteiger partial charge is 0.360 e. The quantitative estimate of drug-likeness (QED) is 0.755. The third-order valence-electron chi connectivity index (χ3n) is 3.46. The third-order valence-corrected chi connectivity index (χ3v) is 3.46. The second-order valence-electron chi connectivity index (χ2n) is 4.72. The van der Waals surface area contributed by atoms with Crippen molar-refractivity contribution in [3.8, 4) is 11.4 Å². The number of nitrogens with one attached hydrogen (secondary N) is 3. The Morgan fingerprint density at radius 1 is 1.24 bits per heavy atom. The summed E-state index contributed by atoms with van der Waals surface area (Å²) in [6.07, 6.45) is 7.45. The fourth-order valence-electron chi connectivity index (χ4n) is 2.46. The van der Waals surface area contributed by atoms with Gasteiger partial charge in [0.05, 0.1) is 17.6 Å². The first-order chi connectivity index (χ1) is 8.42. The number of H-pyrrole nitrogens is 2. The second kappa shape index (κ2) is 4.75. The van der Waals surface area contributed by atoms with Crippen molar-refractivity contribution in [2.45, 2.75) is 19.3 Å².